The van der Waals surface area contributed by atoms with E-state index in [1.165, 1.54) is 31.5 Å². The number of rotatable bonds is 4. The van der Waals surface area contributed by atoms with Crippen LogP contribution in [-0.2, 0) is 0 Å². The van der Waals surface area contributed by atoms with Gasteiger partial charge in [-0.1, -0.05) is 0 Å². The van der Waals surface area contributed by atoms with Crippen LogP contribution in [0.5, 0.6) is 5.75 Å². The molecule has 20 heavy (non-hydrogen) atoms. The van der Waals surface area contributed by atoms with Crippen LogP contribution in [0.2, 0.25) is 0 Å². The molecule has 0 radical (unpaired) electrons. The molecule has 0 aliphatic heterocycles. The average Bonchev–Trinajstić information content (AvgIpc) is 2.41. The third-order valence-electron chi connectivity index (χ3n) is 2.59. The standard InChI is InChI=1S/C13H13FN4O2/c1-20-11-3-2-8(5-10(11)14)18-13-9(12(16)19)4-7(15)6-17-13/h2-6H,15H2,1H3,(H2,16,19)(H,17,18). The zero-order valence-corrected chi connectivity index (χ0v) is 10.7. The van der Waals surface area contributed by atoms with Gasteiger partial charge in [0.2, 0.25) is 0 Å². The first-order valence-corrected chi connectivity index (χ1v) is 5.67. The van der Waals surface area contributed by atoms with Crippen molar-refractivity contribution in [1.29, 1.82) is 0 Å². The first kappa shape index (κ1) is 13.6. The largest absolute Gasteiger partial charge is 0.494 e. The Labute approximate surface area is 114 Å². The summed E-state index contributed by atoms with van der Waals surface area (Å²) in [5.74, 6) is -0.887. The molecule has 0 aliphatic carbocycles. The normalized spacial score (nSPS) is 10.1. The number of nitrogens with two attached hydrogens (primary N) is 2. The highest BCUT2D eigenvalue weighted by Crippen LogP contribution is 2.24. The number of anilines is 3. The number of hydrogen-bond acceptors (Lipinski definition) is 5. The topological polar surface area (TPSA) is 103 Å². The quantitative estimate of drug-likeness (QED) is 0.787. The summed E-state index contributed by atoms with van der Waals surface area (Å²) < 4.78 is 18.4. The number of benzene rings is 1. The van der Waals surface area contributed by atoms with Crippen LogP contribution in [0, 0.1) is 5.82 Å². The van der Waals surface area contributed by atoms with Gasteiger partial charge in [-0.05, 0) is 18.2 Å². The first-order valence-electron chi connectivity index (χ1n) is 5.67. The summed E-state index contributed by atoms with van der Waals surface area (Å²) in [6.45, 7) is 0. The average molecular weight is 276 g/mol. The van der Waals surface area contributed by atoms with Gasteiger partial charge >= 0.3 is 0 Å². The SMILES string of the molecule is COc1ccc(Nc2ncc(N)cc2C(N)=O)cc1F. The van der Waals surface area contributed by atoms with Crippen LogP contribution < -0.4 is 21.5 Å². The summed E-state index contributed by atoms with van der Waals surface area (Å²) in [7, 11) is 1.37. The Hall–Kier alpha value is -2.83. The first-order chi connectivity index (χ1) is 9.51. The zero-order valence-electron chi connectivity index (χ0n) is 10.7. The Morgan fingerprint density at radius 3 is 2.75 bits per heavy atom. The molecular weight excluding hydrogens is 263 g/mol. The van der Waals surface area contributed by atoms with E-state index in [0.29, 0.717) is 11.4 Å². The van der Waals surface area contributed by atoms with Gasteiger partial charge in [-0.25, -0.2) is 9.37 Å². The molecule has 0 saturated heterocycles. The number of aromatic nitrogens is 1. The smallest absolute Gasteiger partial charge is 0.252 e. The number of halogens is 1. The molecule has 0 atom stereocenters. The van der Waals surface area contributed by atoms with E-state index in [2.05, 4.69) is 10.3 Å². The van der Waals surface area contributed by atoms with E-state index in [9.17, 15) is 9.18 Å². The minimum absolute atomic E-state index is 0.121. The molecular formula is C13H13FN4O2. The van der Waals surface area contributed by atoms with Crippen molar-refractivity contribution in [2.75, 3.05) is 18.2 Å². The number of hydrogen-bond donors (Lipinski definition) is 3. The molecule has 0 unspecified atom stereocenters. The zero-order chi connectivity index (χ0) is 14.7. The molecule has 0 aliphatic rings. The Morgan fingerprint density at radius 2 is 2.15 bits per heavy atom. The van der Waals surface area contributed by atoms with E-state index in [1.54, 1.807) is 6.07 Å². The van der Waals surface area contributed by atoms with Crippen molar-refractivity contribution in [3.63, 3.8) is 0 Å². The molecule has 2 aromatic rings. The van der Waals surface area contributed by atoms with Gasteiger partial charge in [-0.3, -0.25) is 4.79 Å². The number of nitrogens with one attached hydrogen (secondary N) is 1. The summed E-state index contributed by atoms with van der Waals surface area (Å²) in [5, 5.41) is 2.81. The molecule has 104 valence electrons. The van der Waals surface area contributed by atoms with Crippen LogP contribution in [0.25, 0.3) is 0 Å². The molecule has 1 amide bonds. The number of amides is 1. The van der Waals surface area contributed by atoms with E-state index in [4.69, 9.17) is 16.2 Å². The van der Waals surface area contributed by atoms with Crippen LogP contribution in [0.15, 0.2) is 30.5 Å². The third-order valence-corrected chi connectivity index (χ3v) is 2.59. The summed E-state index contributed by atoms with van der Waals surface area (Å²) in [6.07, 6.45) is 1.37. The van der Waals surface area contributed by atoms with Gasteiger partial charge in [-0.2, -0.15) is 0 Å². The number of nitrogens with zero attached hydrogens (tertiary/aromatic N) is 1. The van der Waals surface area contributed by atoms with Crippen molar-refractivity contribution in [3.05, 3.63) is 41.8 Å². The maximum Gasteiger partial charge on any atom is 0.252 e. The maximum atomic E-state index is 13.6. The second-order valence-electron chi connectivity index (χ2n) is 4.00. The van der Waals surface area contributed by atoms with E-state index in [0.717, 1.165) is 0 Å². The Balaban J connectivity index is 2.35. The lowest BCUT2D eigenvalue weighted by atomic mass is 10.2. The molecule has 5 N–H and O–H groups in total. The monoisotopic (exact) mass is 276 g/mol. The predicted molar refractivity (Wildman–Crippen MR) is 73.4 cm³/mol. The number of nitrogen functional groups attached to an aromatic ring is 1. The lowest BCUT2D eigenvalue weighted by Crippen LogP contribution is -2.14. The van der Waals surface area contributed by atoms with Gasteiger partial charge < -0.3 is 21.5 Å². The Morgan fingerprint density at radius 1 is 1.40 bits per heavy atom. The van der Waals surface area contributed by atoms with E-state index in [-0.39, 0.29) is 17.1 Å². The van der Waals surface area contributed by atoms with Gasteiger partial charge in [0.1, 0.15) is 5.82 Å². The van der Waals surface area contributed by atoms with Crippen LogP contribution in [0.3, 0.4) is 0 Å². The van der Waals surface area contributed by atoms with Crippen LogP contribution in [0.4, 0.5) is 21.6 Å². The van der Waals surface area contributed by atoms with Crippen molar-refractivity contribution >= 4 is 23.1 Å². The molecule has 1 heterocycles. The van der Waals surface area contributed by atoms with Gasteiger partial charge in [-0.15, -0.1) is 0 Å². The summed E-state index contributed by atoms with van der Waals surface area (Å²) >= 11 is 0. The van der Waals surface area contributed by atoms with Crippen LogP contribution >= 0.6 is 0 Å². The molecule has 7 heteroatoms. The minimum Gasteiger partial charge on any atom is -0.494 e. The predicted octanol–water partition coefficient (Wildman–Crippen LogP) is 1.65. The molecule has 0 fully saturated rings. The highest BCUT2D eigenvalue weighted by Gasteiger charge is 2.11. The molecule has 1 aromatic carbocycles. The lowest BCUT2D eigenvalue weighted by molar-refractivity contribution is 0.100. The second-order valence-corrected chi connectivity index (χ2v) is 4.00. The van der Waals surface area contributed by atoms with E-state index in [1.807, 2.05) is 0 Å². The Bertz CT molecular complexity index is 661. The van der Waals surface area contributed by atoms with Crippen molar-refractivity contribution < 1.29 is 13.9 Å². The fourth-order valence-corrected chi connectivity index (χ4v) is 1.65. The fraction of sp³-hybridized carbons (Fsp3) is 0.0769. The van der Waals surface area contributed by atoms with Gasteiger partial charge in [0.15, 0.2) is 11.6 Å². The second kappa shape index (κ2) is 5.43. The Kier molecular flexibility index (Phi) is 3.69. The minimum atomic E-state index is -0.679. The molecule has 0 bridgehead atoms. The maximum absolute atomic E-state index is 13.6. The summed E-state index contributed by atoms with van der Waals surface area (Å²) in [5.41, 5.74) is 11.6. The van der Waals surface area contributed by atoms with Crippen molar-refractivity contribution in [2.45, 2.75) is 0 Å². The third kappa shape index (κ3) is 2.77. The number of carbonyl (C=O) groups excluding carboxylic acids is 1. The fourth-order valence-electron chi connectivity index (χ4n) is 1.65. The molecule has 1 aromatic heterocycles. The number of carbonyl (C=O) groups is 1. The van der Waals surface area contributed by atoms with E-state index < -0.39 is 11.7 Å². The molecule has 0 spiro atoms. The molecule has 0 saturated carbocycles. The summed E-state index contributed by atoms with van der Waals surface area (Å²) in [4.78, 5) is 15.3. The highest BCUT2D eigenvalue weighted by molar-refractivity contribution is 5.99. The number of pyridine rings is 1. The molecule has 2 rings (SSSR count). The molecule has 6 nitrogen and oxygen atoms in total. The van der Waals surface area contributed by atoms with Gasteiger partial charge in [0.05, 0.1) is 24.6 Å². The number of ether oxygens (including phenoxy) is 1. The van der Waals surface area contributed by atoms with E-state index >= 15 is 0 Å². The van der Waals surface area contributed by atoms with Gasteiger partial charge in [0, 0.05) is 11.8 Å². The number of primary amides is 1. The van der Waals surface area contributed by atoms with Crippen LogP contribution in [-0.4, -0.2) is 18.0 Å². The van der Waals surface area contributed by atoms with Crippen molar-refractivity contribution in [1.82, 2.24) is 4.98 Å². The highest BCUT2D eigenvalue weighted by atomic mass is 19.1. The van der Waals surface area contributed by atoms with Crippen molar-refractivity contribution in [3.8, 4) is 5.75 Å². The summed E-state index contributed by atoms with van der Waals surface area (Å²) in [6, 6.07) is 5.67. The van der Waals surface area contributed by atoms with Gasteiger partial charge in [0.25, 0.3) is 5.91 Å². The lowest BCUT2D eigenvalue weighted by Gasteiger charge is -2.10. The van der Waals surface area contributed by atoms with Crippen LogP contribution in [0.1, 0.15) is 10.4 Å². The van der Waals surface area contributed by atoms with Crippen molar-refractivity contribution in [2.24, 2.45) is 5.73 Å². The number of methoxy groups -OCH3 is 1.